The fraction of sp³-hybridized carbons (Fsp3) is 0.909. The van der Waals surface area contributed by atoms with Crippen molar-refractivity contribution in [2.75, 3.05) is 14.1 Å². The molecule has 0 atom stereocenters. The zero-order valence-electron chi connectivity index (χ0n) is 13.8. The number of carbonyl (C=O) groups is 1. The Bertz CT molecular complexity index is 661. The normalized spacial score (nSPS) is 16.0. The van der Waals surface area contributed by atoms with Crippen LogP contribution in [-0.4, -0.2) is 72.5 Å². The molecule has 2 nitrogen and oxygen atoms in total. The van der Waals surface area contributed by atoms with Gasteiger partial charge in [-0.3, -0.25) is 4.79 Å². The Balaban J connectivity index is 6.81. The van der Waals surface area contributed by atoms with Crippen LogP contribution < -0.4 is 0 Å². The smallest absolute Gasteiger partial charge is 0.343 e. The lowest BCUT2D eigenvalue weighted by Crippen LogP contribution is -2.75. The van der Waals surface area contributed by atoms with Crippen molar-refractivity contribution < 1.29 is 79.4 Å². The van der Waals surface area contributed by atoms with Gasteiger partial charge in [-0.05, 0) is 0 Å². The molecular formula is C11H6F17NO. The number of alkyl halides is 17. The minimum atomic E-state index is -8.71. The minimum absolute atomic E-state index is 0.134. The molecule has 0 aromatic carbocycles. The van der Waals surface area contributed by atoms with Crippen molar-refractivity contribution in [1.29, 1.82) is 0 Å². The minimum Gasteiger partial charge on any atom is -0.343 e. The SMILES string of the molecule is CN(C)C(=O)C(F)(F)C(F)(F)C(F)(F)C(F)(F)C(F)(F)C(F)(F)C(F)(F)C(F)(F)F. The molecule has 0 rings (SSSR count). The van der Waals surface area contributed by atoms with Crippen molar-refractivity contribution in [3.05, 3.63) is 0 Å². The molecule has 0 aliphatic rings. The molecule has 1 amide bonds. The Kier molecular flexibility index (Phi) is 6.50. The second kappa shape index (κ2) is 6.89. The van der Waals surface area contributed by atoms with E-state index in [9.17, 15) is 79.4 Å². The van der Waals surface area contributed by atoms with Crippen LogP contribution in [0.15, 0.2) is 0 Å². The molecule has 0 bridgehead atoms. The average molecular weight is 491 g/mol. The van der Waals surface area contributed by atoms with Gasteiger partial charge in [0, 0.05) is 14.1 Å². The van der Waals surface area contributed by atoms with Gasteiger partial charge in [-0.1, -0.05) is 0 Å². The van der Waals surface area contributed by atoms with Crippen LogP contribution in [0, 0.1) is 0 Å². The molecule has 0 fully saturated rings. The van der Waals surface area contributed by atoms with Crippen LogP contribution in [0.5, 0.6) is 0 Å². The van der Waals surface area contributed by atoms with Crippen LogP contribution in [0.3, 0.4) is 0 Å². The number of rotatable bonds is 7. The highest BCUT2D eigenvalue weighted by atomic mass is 19.4. The molecule has 0 radical (unpaired) electrons. The maximum absolute atomic E-state index is 13.3. The summed E-state index contributed by atoms with van der Waals surface area (Å²) in [5.74, 6) is -61.1. The lowest BCUT2D eigenvalue weighted by Gasteiger charge is -2.42. The number of hydrogen-bond donors (Lipinski definition) is 0. The van der Waals surface area contributed by atoms with Crippen LogP contribution in [-0.2, 0) is 4.79 Å². The Morgan fingerprint density at radius 3 is 0.933 bits per heavy atom. The quantitative estimate of drug-likeness (QED) is 0.455. The summed E-state index contributed by atoms with van der Waals surface area (Å²) < 4.78 is 219. The van der Waals surface area contributed by atoms with Crippen LogP contribution >= 0.6 is 0 Å². The van der Waals surface area contributed by atoms with Crippen LogP contribution in [0.25, 0.3) is 0 Å². The van der Waals surface area contributed by atoms with E-state index in [1.165, 1.54) is 0 Å². The van der Waals surface area contributed by atoms with E-state index in [0.29, 0.717) is 0 Å². The highest BCUT2D eigenvalue weighted by Gasteiger charge is 2.95. The van der Waals surface area contributed by atoms with Gasteiger partial charge in [0.25, 0.3) is 5.91 Å². The topological polar surface area (TPSA) is 20.3 Å². The van der Waals surface area contributed by atoms with E-state index in [0.717, 1.165) is 0 Å². The molecule has 0 N–H and O–H groups in total. The summed E-state index contributed by atoms with van der Waals surface area (Å²) in [6.07, 6.45) is -7.81. The summed E-state index contributed by atoms with van der Waals surface area (Å²) in [4.78, 5) is 10.2. The van der Waals surface area contributed by atoms with Crippen molar-refractivity contribution in [1.82, 2.24) is 4.90 Å². The van der Waals surface area contributed by atoms with Crippen LogP contribution in [0.4, 0.5) is 74.6 Å². The Hall–Kier alpha value is -1.72. The summed E-state index contributed by atoms with van der Waals surface area (Å²) in [5, 5.41) is 0. The van der Waals surface area contributed by atoms with Gasteiger partial charge in [0.05, 0.1) is 0 Å². The standard InChI is InChI=1S/C11H6F17NO/c1-29(2)3(30)4(12,13)5(14,15)6(16,17)7(18,19)8(20,21)9(22,23)10(24,25)11(26,27)28/h1-2H3. The fourth-order valence-electron chi connectivity index (χ4n) is 1.58. The maximum atomic E-state index is 13.3. The predicted octanol–water partition coefficient (Wildman–Crippen LogP) is 5.08. The van der Waals surface area contributed by atoms with Gasteiger partial charge in [-0.2, -0.15) is 74.6 Å². The number of amides is 1. The molecular weight excluding hydrogens is 485 g/mol. The molecule has 0 aromatic rings. The molecule has 0 saturated carbocycles. The van der Waals surface area contributed by atoms with Gasteiger partial charge in [0.1, 0.15) is 0 Å². The van der Waals surface area contributed by atoms with Crippen molar-refractivity contribution in [2.45, 2.75) is 47.6 Å². The number of carbonyl (C=O) groups excluding carboxylic acids is 1. The first-order valence-corrected chi connectivity index (χ1v) is 6.53. The van der Waals surface area contributed by atoms with Gasteiger partial charge in [0.15, 0.2) is 0 Å². The zero-order chi connectivity index (χ0) is 25.2. The number of hydrogen-bond acceptors (Lipinski definition) is 1. The highest BCUT2D eigenvalue weighted by molar-refractivity contribution is 5.84. The largest absolute Gasteiger partial charge is 0.460 e. The third kappa shape index (κ3) is 3.31. The van der Waals surface area contributed by atoms with Crippen molar-refractivity contribution in [3.8, 4) is 0 Å². The molecule has 0 aliphatic carbocycles. The summed E-state index contributed by atoms with van der Waals surface area (Å²) >= 11 is 0. The predicted molar refractivity (Wildman–Crippen MR) is 59.4 cm³/mol. The molecule has 30 heavy (non-hydrogen) atoms. The molecule has 0 aromatic heterocycles. The second-order valence-corrected chi connectivity index (χ2v) is 5.72. The molecule has 0 aliphatic heterocycles. The lowest BCUT2D eigenvalue weighted by molar-refractivity contribution is -0.459. The lowest BCUT2D eigenvalue weighted by atomic mass is 9.88. The molecule has 0 saturated heterocycles. The number of nitrogens with zero attached hydrogens (tertiary/aromatic N) is 1. The summed E-state index contributed by atoms with van der Waals surface area (Å²) in [6.45, 7) is 0. The third-order valence-corrected chi connectivity index (χ3v) is 3.40. The van der Waals surface area contributed by atoms with Crippen molar-refractivity contribution in [2.24, 2.45) is 0 Å². The Morgan fingerprint density at radius 2 is 0.700 bits per heavy atom. The molecule has 0 heterocycles. The van der Waals surface area contributed by atoms with E-state index >= 15 is 0 Å². The molecule has 0 unspecified atom stereocenters. The molecule has 19 heteroatoms. The van der Waals surface area contributed by atoms with Gasteiger partial charge in [0.2, 0.25) is 0 Å². The van der Waals surface area contributed by atoms with Crippen LogP contribution in [0.1, 0.15) is 0 Å². The molecule has 0 spiro atoms. The van der Waals surface area contributed by atoms with Gasteiger partial charge >= 0.3 is 47.6 Å². The van der Waals surface area contributed by atoms with E-state index in [4.69, 9.17) is 0 Å². The van der Waals surface area contributed by atoms with Crippen molar-refractivity contribution >= 4 is 5.91 Å². The fourth-order valence-corrected chi connectivity index (χ4v) is 1.58. The highest BCUT2D eigenvalue weighted by Crippen LogP contribution is 2.63. The van der Waals surface area contributed by atoms with Gasteiger partial charge in [-0.25, -0.2) is 0 Å². The number of halogens is 17. The Morgan fingerprint density at radius 1 is 0.467 bits per heavy atom. The first kappa shape index (κ1) is 28.3. The Labute approximate surface area is 153 Å². The van der Waals surface area contributed by atoms with Crippen molar-refractivity contribution in [3.63, 3.8) is 0 Å². The van der Waals surface area contributed by atoms with Gasteiger partial charge in [-0.15, -0.1) is 0 Å². The first-order valence-electron chi connectivity index (χ1n) is 6.53. The second-order valence-electron chi connectivity index (χ2n) is 5.72. The van der Waals surface area contributed by atoms with E-state index in [1.807, 2.05) is 0 Å². The van der Waals surface area contributed by atoms with E-state index in [2.05, 4.69) is 0 Å². The van der Waals surface area contributed by atoms with E-state index < -0.39 is 58.4 Å². The van der Waals surface area contributed by atoms with E-state index in [1.54, 1.807) is 0 Å². The molecule has 180 valence electrons. The third-order valence-electron chi connectivity index (χ3n) is 3.40. The summed E-state index contributed by atoms with van der Waals surface area (Å²) in [6, 6.07) is 0. The zero-order valence-corrected chi connectivity index (χ0v) is 13.8. The summed E-state index contributed by atoms with van der Waals surface area (Å²) in [7, 11) is 0.268. The maximum Gasteiger partial charge on any atom is 0.460 e. The first-order chi connectivity index (χ1) is 12.6. The monoisotopic (exact) mass is 491 g/mol. The van der Waals surface area contributed by atoms with Crippen LogP contribution in [0.2, 0.25) is 0 Å². The summed E-state index contributed by atoms with van der Waals surface area (Å²) in [5.41, 5.74) is 0. The van der Waals surface area contributed by atoms with E-state index in [-0.39, 0.29) is 14.1 Å². The van der Waals surface area contributed by atoms with Gasteiger partial charge < -0.3 is 4.90 Å². The average Bonchev–Trinajstić information content (AvgIpc) is 2.51.